The Balaban J connectivity index is 1.96. The normalized spacial score (nSPS) is 17.9. The van der Waals surface area contributed by atoms with Crippen molar-refractivity contribution in [3.05, 3.63) is 41.4 Å². The molecule has 1 amide bonds. The summed E-state index contributed by atoms with van der Waals surface area (Å²) in [5.74, 6) is 0.0306. The minimum atomic E-state index is -0.0339. The van der Waals surface area contributed by atoms with Crippen molar-refractivity contribution in [3.8, 4) is 0 Å². The Bertz CT molecular complexity index is 408. The van der Waals surface area contributed by atoms with Crippen molar-refractivity contribution in [1.82, 2.24) is 5.32 Å². The Morgan fingerprint density at radius 2 is 2.31 bits per heavy atom. The zero-order chi connectivity index (χ0) is 11.5. The van der Waals surface area contributed by atoms with Crippen LogP contribution in [0.15, 0.2) is 40.8 Å². The van der Waals surface area contributed by atoms with Gasteiger partial charge in [0.25, 0.3) is 0 Å². The zero-order valence-electron chi connectivity index (χ0n) is 8.70. The molecule has 1 unspecified atom stereocenters. The number of benzene rings is 1. The van der Waals surface area contributed by atoms with E-state index in [1.165, 1.54) is 10.5 Å². The molecule has 2 rings (SSSR count). The van der Waals surface area contributed by atoms with Crippen molar-refractivity contribution in [3.63, 3.8) is 0 Å². The molecule has 1 atom stereocenters. The number of thioether (sulfide) groups is 1. The fourth-order valence-corrected chi connectivity index (χ4v) is 2.91. The van der Waals surface area contributed by atoms with E-state index in [-0.39, 0.29) is 11.2 Å². The van der Waals surface area contributed by atoms with Gasteiger partial charge in [-0.15, -0.1) is 11.8 Å². The Kier molecular flexibility index (Phi) is 3.56. The summed E-state index contributed by atoms with van der Waals surface area (Å²) in [7, 11) is 0. The predicted octanol–water partition coefficient (Wildman–Crippen LogP) is 2.57. The summed E-state index contributed by atoms with van der Waals surface area (Å²) in [6.45, 7) is 3.88. The minimum Gasteiger partial charge on any atom is -0.350 e. The summed E-state index contributed by atoms with van der Waals surface area (Å²) in [5, 5.41) is 3.19. The first-order valence-corrected chi connectivity index (χ1v) is 6.28. The van der Waals surface area contributed by atoms with Gasteiger partial charge in [-0.1, -0.05) is 36.4 Å². The van der Waals surface area contributed by atoms with Crippen LogP contribution >= 0.6 is 23.4 Å². The Labute approximate surface area is 104 Å². The highest BCUT2D eigenvalue weighted by atomic mass is 35.5. The highest BCUT2D eigenvalue weighted by molar-refractivity contribution is 8.01. The molecule has 1 aliphatic heterocycles. The molecule has 1 heterocycles. The number of carbonyl (C=O) groups excluding carboxylic acids is 1. The number of carbonyl (C=O) groups is 1. The quantitative estimate of drug-likeness (QED) is 0.897. The maximum Gasteiger partial charge on any atom is 0.234 e. The van der Waals surface area contributed by atoms with Gasteiger partial charge in [0.15, 0.2) is 0 Å². The summed E-state index contributed by atoms with van der Waals surface area (Å²) in [6.07, 6.45) is 0.793. The third-order valence-electron chi connectivity index (χ3n) is 2.39. The average Bonchev–Trinajstić information content (AvgIpc) is 2.69. The van der Waals surface area contributed by atoms with Crippen molar-refractivity contribution in [2.45, 2.75) is 16.6 Å². The standard InChI is InChI=1S/C12H12ClNOS/c1-8(13)7-14-12(15)11-6-9-4-2-3-5-10(9)16-11/h2-5,11H,1,6-7H2,(H,14,15). The van der Waals surface area contributed by atoms with E-state index in [4.69, 9.17) is 11.6 Å². The summed E-state index contributed by atoms with van der Waals surface area (Å²) < 4.78 is 0. The van der Waals surface area contributed by atoms with E-state index in [2.05, 4.69) is 18.0 Å². The minimum absolute atomic E-state index is 0.0306. The lowest BCUT2D eigenvalue weighted by molar-refractivity contribution is -0.120. The molecular formula is C12H12ClNOS. The van der Waals surface area contributed by atoms with Gasteiger partial charge in [-0.2, -0.15) is 0 Å². The van der Waals surface area contributed by atoms with Gasteiger partial charge in [0.05, 0.1) is 11.8 Å². The van der Waals surface area contributed by atoms with Gasteiger partial charge in [0.1, 0.15) is 0 Å². The van der Waals surface area contributed by atoms with Crippen LogP contribution in [0.3, 0.4) is 0 Å². The van der Waals surface area contributed by atoms with E-state index in [0.717, 1.165) is 6.42 Å². The Hall–Kier alpha value is -0.930. The number of hydrogen-bond donors (Lipinski definition) is 1. The van der Waals surface area contributed by atoms with Crippen LogP contribution in [0.25, 0.3) is 0 Å². The van der Waals surface area contributed by atoms with Crippen LogP contribution in [0.5, 0.6) is 0 Å². The lowest BCUT2D eigenvalue weighted by Gasteiger charge is -2.08. The zero-order valence-corrected chi connectivity index (χ0v) is 10.3. The van der Waals surface area contributed by atoms with Crippen molar-refractivity contribution >= 4 is 29.3 Å². The Morgan fingerprint density at radius 1 is 1.56 bits per heavy atom. The van der Waals surface area contributed by atoms with Crippen LogP contribution < -0.4 is 5.32 Å². The fraction of sp³-hybridized carbons (Fsp3) is 0.250. The number of nitrogens with one attached hydrogen (secondary N) is 1. The first-order valence-electron chi connectivity index (χ1n) is 5.02. The van der Waals surface area contributed by atoms with Gasteiger partial charge < -0.3 is 5.32 Å². The van der Waals surface area contributed by atoms with Crippen LogP contribution in [0.4, 0.5) is 0 Å². The number of rotatable bonds is 3. The molecular weight excluding hydrogens is 242 g/mol. The van der Waals surface area contributed by atoms with E-state index in [1.807, 2.05) is 18.2 Å². The smallest absolute Gasteiger partial charge is 0.234 e. The summed E-state index contributed by atoms with van der Waals surface area (Å²) >= 11 is 7.21. The molecule has 1 aromatic rings. The molecule has 0 radical (unpaired) electrons. The Morgan fingerprint density at radius 3 is 3.00 bits per heavy atom. The highest BCUT2D eigenvalue weighted by Crippen LogP contribution is 2.36. The van der Waals surface area contributed by atoms with E-state index < -0.39 is 0 Å². The first kappa shape index (κ1) is 11.6. The molecule has 0 bridgehead atoms. The van der Waals surface area contributed by atoms with Gasteiger partial charge >= 0.3 is 0 Å². The van der Waals surface area contributed by atoms with Crippen molar-refractivity contribution in [2.75, 3.05) is 6.54 Å². The van der Waals surface area contributed by atoms with Crippen LogP contribution in [0.2, 0.25) is 0 Å². The molecule has 16 heavy (non-hydrogen) atoms. The second kappa shape index (κ2) is 4.93. The van der Waals surface area contributed by atoms with Gasteiger partial charge in [0.2, 0.25) is 5.91 Å². The van der Waals surface area contributed by atoms with Crippen molar-refractivity contribution in [1.29, 1.82) is 0 Å². The van der Waals surface area contributed by atoms with E-state index >= 15 is 0 Å². The van der Waals surface area contributed by atoms with Gasteiger partial charge in [-0.05, 0) is 18.1 Å². The SMILES string of the molecule is C=C(Cl)CNC(=O)C1Cc2ccccc2S1. The van der Waals surface area contributed by atoms with Crippen molar-refractivity contribution in [2.24, 2.45) is 0 Å². The van der Waals surface area contributed by atoms with Gasteiger partial charge in [-0.25, -0.2) is 0 Å². The molecule has 0 aromatic heterocycles. The fourth-order valence-electron chi connectivity index (χ4n) is 1.63. The van der Waals surface area contributed by atoms with Crippen LogP contribution in [-0.4, -0.2) is 17.7 Å². The van der Waals surface area contributed by atoms with Crippen LogP contribution in [0, 0.1) is 0 Å². The number of amides is 1. The molecule has 1 aromatic carbocycles. The van der Waals surface area contributed by atoms with E-state index in [9.17, 15) is 4.79 Å². The largest absolute Gasteiger partial charge is 0.350 e. The molecule has 1 N–H and O–H groups in total. The number of halogens is 1. The molecule has 0 fully saturated rings. The topological polar surface area (TPSA) is 29.1 Å². The predicted molar refractivity (Wildman–Crippen MR) is 67.8 cm³/mol. The van der Waals surface area contributed by atoms with Crippen LogP contribution in [-0.2, 0) is 11.2 Å². The molecule has 1 aliphatic rings. The second-order valence-corrected chi connectivity index (χ2v) is 5.43. The summed E-state index contributed by atoms with van der Waals surface area (Å²) in [4.78, 5) is 13.0. The molecule has 0 spiro atoms. The van der Waals surface area contributed by atoms with Gasteiger partial charge in [-0.3, -0.25) is 4.79 Å². The van der Waals surface area contributed by atoms with E-state index in [0.29, 0.717) is 11.6 Å². The second-order valence-electron chi connectivity index (χ2n) is 3.65. The monoisotopic (exact) mass is 253 g/mol. The van der Waals surface area contributed by atoms with Gasteiger partial charge in [0, 0.05) is 9.93 Å². The number of hydrogen-bond acceptors (Lipinski definition) is 2. The molecule has 0 aliphatic carbocycles. The highest BCUT2D eigenvalue weighted by Gasteiger charge is 2.27. The lowest BCUT2D eigenvalue weighted by Crippen LogP contribution is -2.33. The summed E-state index contributed by atoms with van der Waals surface area (Å²) in [6, 6.07) is 8.11. The maximum atomic E-state index is 11.8. The average molecular weight is 254 g/mol. The molecule has 0 saturated carbocycles. The van der Waals surface area contributed by atoms with Crippen molar-refractivity contribution < 1.29 is 4.79 Å². The molecule has 84 valence electrons. The molecule has 2 nitrogen and oxygen atoms in total. The lowest BCUT2D eigenvalue weighted by atomic mass is 10.1. The summed E-state index contributed by atoms with van der Waals surface area (Å²) in [5.41, 5.74) is 1.25. The third-order valence-corrected chi connectivity index (χ3v) is 3.85. The third kappa shape index (κ3) is 2.60. The van der Waals surface area contributed by atoms with Crippen LogP contribution in [0.1, 0.15) is 5.56 Å². The first-order chi connectivity index (χ1) is 7.66. The molecule has 4 heteroatoms. The number of fused-ring (bicyclic) bond motifs is 1. The van der Waals surface area contributed by atoms with E-state index in [1.54, 1.807) is 11.8 Å². The molecule has 0 saturated heterocycles. The maximum absolute atomic E-state index is 11.8.